The molecule has 0 radical (unpaired) electrons. The molecule has 2 rings (SSSR count). The first-order valence-corrected chi connectivity index (χ1v) is 6.39. The molecule has 6 nitrogen and oxygen atoms in total. The molecule has 20 heavy (non-hydrogen) atoms. The lowest BCUT2D eigenvalue weighted by molar-refractivity contribution is 0.0945. The molecule has 1 aromatic carbocycles. The third-order valence-electron chi connectivity index (χ3n) is 2.84. The second-order valence-electron chi connectivity index (χ2n) is 5.51. The summed E-state index contributed by atoms with van der Waals surface area (Å²) < 4.78 is 1.65. The fourth-order valence-electron chi connectivity index (χ4n) is 1.79. The molecule has 0 aliphatic rings. The Hall–Kier alpha value is -2.21. The minimum atomic E-state index is -0.426. The summed E-state index contributed by atoms with van der Waals surface area (Å²) in [5, 5.41) is 6.89. The second kappa shape index (κ2) is 5.42. The molecule has 0 saturated heterocycles. The number of rotatable bonds is 4. The predicted molar refractivity (Wildman–Crippen MR) is 76.7 cm³/mol. The highest BCUT2D eigenvalue weighted by Crippen LogP contribution is 2.14. The number of hydrogen-bond acceptors (Lipinski definition) is 4. The van der Waals surface area contributed by atoms with Gasteiger partial charge in [0.2, 0.25) is 0 Å². The Morgan fingerprint density at radius 2 is 2.20 bits per heavy atom. The fraction of sp³-hybridized carbons (Fsp3) is 0.357. The topological polar surface area (TPSA) is 85.8 Å². The average Bonchev–Trinajstić information content (AvgIpc) is 2.88. The van der Waals surface area contributed by atoms with Gasteiger partial charge in [-0.3, -0.25) is 4.79 Å². The Kier molecular flexibility index (Phi) is 3.85. The van der Waals surface area contributed by atoms with E-state index in [0.717, 1.165) is 11.3 Å². The number of carbonyl (C=O) groups is 1. The highest BCUT2D eigenvalue weighted by molar-refractivity contribution is 5.95. The maximum atomic E-state index is 12.1. The molecule has 1 heterocycles. The standard InChI is InChI=1S/C14H19N5O/c1-10-6-11(19-9-16-8-18-19)4-5-12(10)13(20)17-7-14(2,3)15/h4-6,8-9H,7,15H2,1-3H3,(H,17,20). The van der Waals surface area contributed by atoms with E-state index in [1.54, 1.807) is 17.1 Å². The summed E-state index contributed by atoms with van der Waals surface area (Å²) in [6.45, 7) is 6.06. The van der Waals surface area contributed by atoms with Crippen molar-refractivity contribution in [1.29, 1.82) is 0 Å². The Balaban J connectivity index is 2.16. The zero-order valence-electron chi connectivity index (χ0n) is 11.9. The molecule has 0 aliphatic carbocycles. The lowest BCUT2D eigenvalue weighted by Gasteiger charge is -2.19. The minimum Gasteiger partial charge on any atom is -0.350 e. The Morgan fingerprint density at radius 1 is 1.45 bits per heavy atom. The molecule has 0 spiro atoms. The zero-order valence-corrected chi connectivity index (χ0v) is 11.9. The van der Waals surface area contributed by atoms with Gasteiger partial charge in [-0.05, 0) is 44.5 Å². The van der Waals surface area contributed by atoms with Gasteiger partial charge < -0.3 is 11.1 Å². The molecule has 2 aromatic rings. The summed E-state index contributed by atoms with van der Waals surface area (Å²) in [5.74, 6) is -0.119. The SMILES string of the molecule is Cc1cc(-n2cncn2)ccc1C(=O)NCC(C)(C)N. The third kappa shape index (κ3) is 3.42. The Morgan fingerprint density at radius 3 is 2.75 bits per heavy atom. The second-order valence-corrected chi connectivity index (χ2v) is 5.51. The van der Waals surface area contributed by atoms with E-state index in [4.69, 9.17) is 5.73 Å². The number of benzene rings is 1. The number of aromatic nitrogens is 3. The molecular weight excluding hydrogens is 254 g/mol. The molecule has 0 aliphatic heterocycles. The van der Waals surface area contributed by atoms with Crippen molar-refractivity contribution in [2.45, 2.75) is 26.3 Å². The van der Waals surface area contributed by atoms with Crippen molar-refractivity contribution in [1.82, 2.24) is 20.1 Å². The van der Waals surface area contributed by atoms with Crippen LogP contribution in [0.15, 0.2) is 30.9 Å². The van der Waals surface area contributed by atoms with Crippen LogP contribution >= 0.6 is 0 Å². The van der Waals surface area contributed by atoms with E-state index < -0.39 is 5.54 Å². The molecule has 0 bridgehead atoms. The number of amides is 1. The van der Waals surface area contributed by atoms with Crippen molar-refractivity contribution in [3.8, 4) is 5.69 Å². The molecule has 3 N–H and O–H groups in total. The van der Waals surface area contributed by atoms with Crippen LogP contribution in [0.5, 0.6) is 0 Å². The number of hydrogen-bond donors (Lipinski definition) is 2. The zero-order chi connectivity index (χ0) is 14.8. The van der Waals surface area contributed by atoms with E-state index in [1.165, 1.54) is 6.33 Å². The monoisotopic (exact) mass is 273 g/mol. The van der Waals surface area contributed by atoms with E-state index in [2.05, 4.69) is 15.4 Å². The lowest BCUT2D eigenvalue weighted by Crippen LogP contribution is -2.45. The number of nitrogens with one attached hydrogen (secondary N) is 1. The fourth-order valence-corrected chi connectivity index (χ4v) is 1.79. The third-order valence-corrected chi connectivity index (χ3v) is 2.84. The van der Waals surface area contributed by atoms with Crippen molar-refractivity contribution >= 4 is 5.91 Å². The van der Waals surface area contributed by atoms with Crippen LogP contribution in [0.4, 0.5) is 0 Å². The van der Waals surface area contributed by atoms with Crippen molar-refractivity contribution in [3.05, 3.63) is 42.0 Å². The van der Waals surface area contributed by atoms with Gasteiger partial charge in [-0.25, -0.2) is 9.67 Å². The van der Waals surface area contributed by atoms with Gasteiger partial charge >= 0.3 is 0 Å². The molecule has 106 valence electrons. The van der Waals surface area contributed by atoms with Crippen LogP contribution in [-0.4, -0.2) is 32.8 Å². The molecule has 1 amide bonds. The largest absolute Gasteiger partial charge is 0.350 e. The Labute approximate surface area is 118 Å². The quantitative estimate of drug-likeness (QED) is 0.871. The van der Waals surface area contributed by atoms with Gasteiger partial charge in [-0.15, -0.1) is 0 Å². The van der Waals surface area contributed by atoms with E-state index in [9.17, 15) is 4.79 Å². The van der Waals surface area contributed by atoms with Crippen LogP contribution in [0.3, 0.4) is 0 Å². The van der Waals surface area contributed by atoms with Crippen LogP contribution in [0.25, 0.3) is 5.69 Å². The Bertz CT molecular complexity index is 599. The summed E-state index contributed by atoms with van der Waals surface area (Å²) in [6, 6.07) is 5.52. The molecule has 1 aromatic heterocycles. The summed E-state index contributed by atoms with van der Waals surface area (Å²) in [4.78, 5) is 16.0. The molecule has 0 atom stereocenters. The van der Waals surface area contributed by atoms with E-state index in [-0.39, 0.29) is 5.91 Å². The van der Waals surface area contributed by atoms with Gasteiger partial charge in [0.1, 0.15) is 12.7 Å². The molecule has 0 saturated carbocycles. The van der Waals surface area contributed by atoms with E-state index in [0.29, 0.717) is 12.1 Å². The van der Waals surface area contributed by atoms with Gasteiger partial charge in [0.15, 0.2) is 0 Å². The number of carbonyl (C=O) groups excluding carboxylic acids is 1. The molecule has 6 heteroatoms. The minimum absolute atomic E-state index is 0.119. The maximum absolute atomic E-state index is 12.1. The summed E-state index contributed by atoms with van der Waals surface area (Å²) in [6.07, 6.45) is 3.09. The number of nitrogens with two attached hydrogens (primary N) is 1. The van der Waals surface area contributed by atoms with Crippen LogP contribution < -0.4 is 11.1 Å². The molecular formula is C14H19N5O. The van der Waals surface area contributed by atoms with Crippen LogP contribution in [0, 0.1) is 6.92 Å². The first kappa shape index (κ1) is 14.2. The van der Waals surface area contributed by atoms with Crippen LogP contribution in [0.2, 0.25) is 0 Å². The predicted octanol–water partition coefficient (Wildman–Crippen LogP) is 1.04. The normalized spacial score (nSPS) is 11.4. The summed E-state index contributed by atoms with van der Waals surface area (Å²) in [5.41, 5.74) is 7.82. The summed E-state index contributed by atoms with van der Waals surface area (Å²) >= 11 is 0. The smallest absolute Gasteiger partial charge is 0.251 e. The van der Waals surface area contributed by atoms with Gasteiger partial charge in [-0.2, -0.15) is 5.10 Å². The van der Waals surface area contributed by atoms with Crippen molar-refractivity contribution < 1.29 is 4.79 Å². The maximum Gasteiger partial charge on any atom is 0.251 e. The average molecular weight is 273 g/mol. The van der Waals surface area contributed by atoms with Gasteiger partial charge in [-0.1, -0.05) is 0 Å². The number of nitrogens with zero attached hydrogens (tertiary/aromatic N) is 3. The summed E-state index contributed by atoms with van der Waals surface area (Å²) in [7, 11) is 0. The van der Waals surface area contributed by atoms with Crippen LogP contribution in [-0.2, 0) is 0 Å². The molecule has 0 fully saturated rings. The van der Waals surface area contributed by atoms with Crippen LogP contribution in [0.1, 0.15) is 29.8 Å². The van der Waals surface area contributed by atoms with E-state index >= 15 is 0 Å². The van der Waals surface area contributed by atoms with E-state index in [1.807, 2.05) is 32.9 Å². The highest BCUT2D eigenvalue weighted by atomic mass is 16.1. The number of aryl methyl sites for hydroxylation is 1. The van der Waals surface area contributed by atoms with Gasteiger partial charge in [0.25, 0.3) is 5.91 Å². The highest BCUT2D eigenvalue weighted by Gasteiger charge is 2.15. The molecule has 0 unspecified atom stereocenters. The first-order chi connectivity index (χ1) is 9.37. The van der Waals surface area contributed by atoms with Crippen molar-refractivity contribution in [2.75, 3.05) is 6.54 Å². The van der Waals surface area contributed by atoms with Gasteiger partial charge in [0, 0.05) is 17.6 Å². The lowest BCUT2D eigenvalue weighted by atomic mass is 10.1. The van der Waals surface area contributed by atoms with Crippen molar-refractivity contribution in [2.24, 2.45) is 5.73 Å². The van der Waals surface area contributed by atoms with Gasteiger partial charge in [0.05, 0.1) is 5.69 Å². The first-order valence-electron chi connectivity index (χ1n) is 6.39. The van der Waals surface area contributed by atoms with Crippen molar-refractivity contribution in [3.63, 3.8) is 0 Å².